The Morgan fingerprint density at radius 3 is 2.58 bits per heavy atom. The number of carbonyl (C=O) groups is 2. The number of pyridine rings is 1. The van der Waals surface area contributed by atoms with E-state index in [0.717, 1.165) is 5.56 Å². The van der Waals surface area contributed by atoms with Crippen LogP contribution in [0, 0.1) is 5.92 Å². The van der Waals surface area contributed by atoms with Crippen molar-refractivity contribution in [2.24, 2.45) is 5.92 Å². The Labute approximate surface area is 214 Å². The SMILES string of the molecule is C=CCC(CCC1Nn2ccc(=O)c(OCc3ccccc3)c2C(=O)N1C)C(=O)c1ccccc1Cl. The van der Waals surface area contributed by atoms with Gasteiger partial charge in [0.2, 0.25) is 5.43 Å². The highest BCUT2D eigenvalue weighted by Crippen LogP contribution is 2.27. The Kier molecular flexibility index (Phi) is 7.90. The fraction of sp³-hybridized carbons (Fsp3) is 0.250. The number of rotatable bonds is 10. The fourth-order valence-electron chi connectivity index (χ4n) is 4.31. The zero-order chi connectivity index (χ0) is 25.7. The zero-order valence-corrected chi connectivity index (χ0v) is 20.8. The highest BCUT2D eigenvalue weighted by molar-refractivity contribution is 6.34. The van der Waals surface area contributed by atoms with E-state index in [-0.39, 0.29) is 47.3 Å². The molecular weight excluding hydrogens is 478 g/mol. The second-order valence-electron chi connectivity index (χ2n) is 8.71. The van der Waals surface area contributed by atoms with Gasteiger partial charge in [-0.2, -0.15) is 0 Å². The van der Waals surface area contributed by atoms with E-state index in [4.69, 9.17) is 16.3 Å². The van der Waals surface area contributed by atoms with Crippen LogP contribution in [0.4, 0.5) is 0 Å². The molecule has 2 unspecified atom stereocenters. The van der Waals surface area contributed by atoms with Crippen molar-refractivity contribution in [3.8, 4) is 5.75 Å². The number of hydrogen-bond acceptors (Lipinski definition) is 5. The van der Waals surface area contributed by atoms with Gasteiger partial charge in [-0.1, -0.05) is 60.1 Å². The number of Topliss-reactive ketones (excluding diaryl/α,β-unsaturated/α-hetero) is 1. The highest BCUT2D eigenvalue weighted by Gasteiger charge is 2.33. The van der Waals surface area contributed by atoms with Crippen molar-refractivity contribution in [3.05, 3.63) is 112 Å². The largest absolute Gasteiger partial charge is 0.482 e. The molecule has 0 spiro atoms. The van der Waals surface area contributed by atoms with Gasteiger partial charge in [-0.15, -0.1) is 6.58 Å². The zero-order valence-electron chi connectivity index (χ0n) is 20.0. The third kappa shape index (κ3) is 5.36. The Morgan fingerprint density at radius 1 is 1.14 bits per heavy atom. The van der Waals surface area contributed by atoms with Crippen LogP contribution >= 0.6 is 11.6 Å². The lowest BCUT2D eigenvalue weighted by Crippen LogP contribution is -2.52. The lowest BCUT2D eigenvalue weighted by molar-refractivity contribution is 0.0671. The Hall–Kier alpha value is -3.84. The number of benzene rings is 2. The molecule has 0 fully saturated rings. The predicted molar refractivity (Wildman–Crippen MR) is 140 cm³/mol. The Morgan fingerprint density at radius 2 is 1.86 bits per heavy atom. The number of halogens is 1. The standard InChI is InChI=1S/C28H28ClN3O4/c1-3-9-20(26(34)21-12-7-8-13-22(21)29)14-15-24-30-32-17-16-23(33)27(25(32)28(35)31(24)2)36-18-19-10-5-4-6-11-19/h3-8,10-13,16-17,20,24,30H,1,9,14-15,18H2,2H3. The Balaban J connectivity index is 1.51. The normalized spacial score (nSPS) is 15.6. The van der Waals surface area contributed by atoms with E-state index in [0.29, 0.717) is 29.8 Å². The molecule has 2 atom stereocenters. The monoisotopic (exact) mass is 505 g/mol. The quantitative estimate of drug-likeness (QED) is 0.313. The van der Waals surface area contributed by atoms with Crippen molar-refractivity contribution in [1.29, 1.82) is 0 Å². The van der Waals surface area contributed by atoms with Crippen molar-refractivity contribution in [2.45, 2.75) is 32.0 Å². The minimum absolute atomic E-state index is 0.00239. The smallest absolute Gasteiger partial charge is 0.277 e. The summed E-state index contributed by atoms with van der Waals surface area (Å²) < 4.78 is 7.34. The third-order valence-electron chi connectivity index (χ3n) is 6.31. The van der Waals surface area contributed by atoms with Crippen LogP contribution in [0.3, 0.4) is 0 Å². The molecule has 0 radical (unpaired) electrons. The fourth-order valence-corrected chi connectivity index (χ4v) is 4.54. The van der Waals surface area contributed by atoms with Gasteiger partial charge in [-0.05, 0) is 37.0 Å². The molecule has 0 bridgehead atoms. The van der Waals surface area contributed by atoms with E-state index in [1.165, 1.54) is 21.8 Å². The summed E-state index contributed by atoms with van der Waals surface area (Å²) in [6, 6.07) is 17.8. The number of ether oxygens (including phenoxy) is 1. The minimum atomic E-state index is -0.388. The van der Waals surface area contributed by atoms with E-state index in [9.17, 15) is 14.4 Å². The number of nitrogens with one attached hydrogen (secondary N) is 1. The second kappa shape index (κ2) is 11.3. The average Bonchev–Trinajstić information content (AvgIpc) is 2.89. The molecule has 1 aliphatic heterocycles. The average molecular weight is 506 g/mol. The van der Waals surface area contributed by atoms with Gasteiger partial charge in [-0.3, -0.25) is 19.1 Å². The maximum absolute atomic E-state index is 13.3. The number of amides is 1. The van der Waals surface area contributed by atoms with Crippen molar-refractivity contribution in [1.82, 2.24) is 9.58 Å². The van der Waals surface area contributed by atoms with Gasteiger partial charge in [0.25, 0.3) is 5.91 Å². The van der Waals surface area contributed by atoms with Gasteiger partial charge < -0.3 is 15.1 Å². The molecule has 0 aliphatic carbocycles. The molecule has 2 heterocycles. The van der Waals surface area contributed by atoms with Crippen LogP contribution in [0.2, 0.25) is 5.02 Å². The van der Waals surface area contributed by atoms with E-state index in [1.807, 2.05) is 30.3 Å². The highest BCUT2D eigenvalue weighted by atomic mass is 35.5. The van der Waals surface area contributed by atoms with Gasteiger partial charge in [0.05, 0.1) is 5.02 Å². The van der Waals surface area contributed by atoms with Crippen LogP contribution in [0.15, 0.2) is 84.3 Å². The summed E-state index contributed by atoms with van der Waals surface area (Å²) in [4.78, 5) is 40.6. The number of ketones is 1. The molecule has 0 saturated heterocycles. The number of carbonyl (C=O) groups excluding carboxylic acids is 2. The number of aromatic nitrogens is 1. The molecule has 1 aliphatic rings. The van der Waals surface area contributed by atoms with Gasteiger partial charge >= 0.3 is 0 Å². The topological polar surface area (TPSA) is 80.6 Å². The number of hydrogen-bond donors (Lipinski definition) is 1. The van der Waals surface area contributed by atoms with Crippen molar-refractivity contribution < 1.29 is 14.3 Å². The first kappa shape index (κ1) is 25.3. The maximum atomic E-state index is 13.3. The lowest BCUT2D eigenvalue weighted by atomic mass is 9.89. The molecule has 8 heteroatoms. The summed E-state index contributed by atoms with van der Waals surface area (Å²) in [6.45, 7) is 3.96. The van der Waals surface area contributed by atoms with Gasteiger partial charge in [0.15, 0.2) is 17.2 Å². The molecule has 0 saturated carbocycles. The molecule has 4 rings (SSSR count). The number of nitrogens with zero attached hydrogens (tertiary/aromatic N) is 2. The van der Waals surface area contributed by atoms with Crippen LogP contribution in [0.1, 0.15) is 45.7 Å². The molecule has 1 amide bonds. The maximum Gasteiger partial charge on any atom is 0.277 e. The molecule has 7 nitrogen and oxygen atoms in total. The first-order valence-corrected chi connectivity index (χ1v) is 12.1. The van der Waals surface area contributed by atoms with Crippen LogP contribution in [0.5, 0.6) is 5.75 Å². The number of allylic oxidation sites excluding steroid dienone is 1. The second-order valence-corrected chi connectivity index (χ2v) is 9.11. The van der Waals surface area contributed by atoms with E-state index >= 15 is 0 Å². The summed E-state index contributed by atoms with van der Waals surface area (Å²) >= 11 is 6.25. The van der Waals surface area contributed by atoms with Gasteiger partial charge in [-0.25, -0.2) is 0 Å². The predicted octanol–water partition coefficient (Wildman–Crippen LogP) is 4.89. The van der Waals surface area contributed by atoms with Crippen LogP contribution in [-0.4, -0.2) is 34.5 Å². The van der Waals surface area contributed by atoms with Crippen molar-refractivity contribution >= 4 is 23.3 Å². The van der Waals surface area contributed by atoms with Gasteiger partial charge in [0.1, 0.15) is 12.8 Å². The van der Waals surface area contributed by atoms with E-state index in [1.54, 1.807) is 37.4 Å². The van der Waals surface area contributed by atoms with Crippen LogP contribution in [0.25, 0.3) is 0 Å². The summed E-state index contributed by atoms with van der Waals surface area (Å²) in [7, 11) is 1.67. The summed E-state index contributed by atoms with van der Waals surface area (Å²) in [5, 5.41) is 0.417. The molecule has 186 valence electrons. The molecule has 36 heavy (non-hydrogen) atoms. The third-order valence-corrected chi connectivity index (χ3v) is 6.64. The molecular formula is C28H28ClN3O4. The molecule has 2 aromatic carbocycles. The Bertz CT molecular complexity index is 1320. The lowest BCUT2D eigenvalue weighted by Gasteiger charge is -2.37. The molecule has 3 aromatic rings. The van der Waals surface area contributed by atoms with E-state index in [2.05, 4.69) is 12.0 Å². The number of fused-ring (bicyclic) bond motifs is 1. The molecule has 1 N–H and O–H groups in total. The van der Waals surface area contributed by atoms with Gasteiger partial charge in [0, 0.05) is 30.8 Å². The minimum Gasteiger partial charge on any atom is -0.482 e. The summed E-state index contributed by atoms with van der Waals surface area (Å²) in [5.74, 6) is -0.710. The van der Waals surface area contributed by atoms with Crippen LogP contribution < -0.4 is 15.6 Å². The first-order chi connectivity index (χ1) is 17.4. The first-order valence-electron chi connectivity index (χ1n) is 11.8. The van der Waals surface area contributed by atoms with Crippen molar-refractivity contribution in [3.63, 3.8) is 0 Å². The summed E-state index contributed by atoms with van der Waals surface area (Å²) in [5.41, 5.74) is 4.42. The van der Waals surface area contributed by atoms with Crippen LogP contribution in [-0.2, 0) is 6.61 Å². The molecule has 1 aromatic heterocycles. The summed E-state index contributed by atoms with van der Waals surface area (Å²) in [6.07, 6.45) is 4.37. The van der Waals surface area contributed by atoms with E-state index < -0.39 is 0 Å². The van der Waals surface area contributed by atoms with Crippen molar-refractivity contribution in [2.75, 3.05) is 12.5 Å².